The second kappa shape index (κ2) is 9.33. The van der Waals surface area contributed by atoms with Crippen LogP contribution in [-0.4, -0.2) is 4.57 Å². The summed E-state index contributed by atoms with van der Waals surface area (Å²) in [5.74, 6) is 0.922. The zero-order valence-electron chi connectivity index (χ0n) is 24.0. The summed E-state index contributed by atoms with van der Waals surface area (Å²) >= 11 is 0. The summed E-state index contributed by atoms with van der Waals surface area (Å²) in [6.07, 6.45) is 4.64. The van der Waals surface area contributed by atoms with Crippen LogP contribution in [0.2, 0.25) is 0 Å². The number of nitriles is 1. The van der Waals surface area contributed by atoms with Crippen molar-refractivity contribution in [3.63, 3.8) is 0 Å². The molecule has 1 heterocycles. The Balaban J connectivity index is 1.47. The number of aromatic nitrogens is 1. The molecule has 3 unspecified atom stereocenters. The number of fused-ring (bicyclic) bond motifs is 6. The topological polar surface area (TPSA) is 28.7 Å². The molecule has 0 aliphatic heterocycles. The average Bonchev–Trinajstić information content (AvgIpc) is 3.53. The van der Waals surface area contributed by atoms with Crippen molar-refractivity contribution in [2.75, 3.05) is 0 Å². The molecule has 0 saturated carbocycles. The Bertz CT molecular complexity index is 2090. The average molecular weight is 541 g/mol. The fourth-order valence-electron chi connectivity index (χ4n) is 8.04. The van der Waals surface area contributed by atoms with E-state index in [2.05, 4.69) is 140 Å². The molecule has 0 spiro atoms. The van der Waals surface area contributed by atoms with E-state index in [4.69, 9.17) is 0 Å². The van der Waals surface area contributed by atoms with Crippen molar-refractivity contribution in [1.29, 1.82) is 5.26 Å². The molecular formula is C40H32N2. The molecule has 0 fully saturated rings. The minimum absolute atomic E-state index is 0.310. The first-order valence-corrected chi connectivity index (χ1v) is 15.0. The van der Waals surface area contributed by atoms with Gasteiger partial charge >= 0.3 is 0 Å². The summed E-state index contributed by atoms with van der Waals surface area (Å²) in [7, 11) is 0. The van der Waals surface area contributed by atoms with Crippen LogP contribution in [0.4, 0.5) is 0 Å². The van der Waals surface area contributed by atoms with Gasteiger partial charge < -0.3 is 4.57 Å². The molecule has 0 bridgehead atoms. The molecule has 1 aromatic heterocycles. The van der Waals surface area contributed by atoms with Crippen molar-refractivity contribution >= 4 is 21.8 Å². The Morgan fingerprint density at radius 1 is 0.738 bits per heavy atom. The maximum absolute atomic E-state index is 9.83. The van der Waals surface area contributed by atoms with Crippen LogP contribution in [0.1, 0.15) is 48.9 Å². The molecule has 5 aromatic carbocycles. The Kier molecular flexibility index (Phi) is 5.53. The van der Waals surface area contributed by atoms with Gasteiger partial charge in [-0.3, -0.25) is 0 Å². The van der Waals surface area contributed by atoms with Gasteiger partial charge in [0.25, 0.3) is 0 Å². The number of hydrogen-bond donors (Lipinski definition) is 0. The van der Waals surface area contributed by atoms with Crippen molar-refractivity contribution in [3.8, 4) is 22.9 Å². The second-order valence-electron chi connectivity index (χ2n) is 12.2. The van der Waals surface area contributed by atoms with Crippen LogP contribution in [0.3, 0.4) is 0 Å². The number of benzene rings is 5. The first kappa shape index (κ1) is 24.9. The predicted octanol–water partition coefficient (Wildman–Crippen LogP) is 9.96. The SMILES string of the molecule is CC1=CCC(C2(c3ccc4c(c3)c3ccccc3n4-c3ccccc3)c3ccccc3-c3cc(C#N)ccc32)CC1C. The number of nitrogens with zero attached hydrogens (tertiary/aromatic N) is 2. The standard InChI is InChI=1S/C40H32N2/c1-26-16-18-29(22-27(26)2)40(36-14-8-6-12-32(36)34-23-28(25-41)17-20-37(34)40)30-19-21-39-35(24-30)33-13-7-9-15-38(33)42(39)31-10-4-3-5-11-31/h3-17,19-21,23-24,27,29H,18,22H2,1-2H3. The fraction of sp³-hybridized carbons (Fsp3) is 0.175. The third kappa shape index (κ3) is 3.37. The van der Waals surface area contributed by atoms with Gasteiger partial charge in [0, 0.05) is 21.9 Å². The highest BCUT2D eigenvalue weighted by Gasteiger charge is 2.50. The van der Waals surface area contributed by atoms with Crippen LogP contribution in [0.15, 0.2) is 127 Å². The summed E-state index contributed by atoms with van der Waals surface area (Å²) in [6.45, 7) is 4.66. The van der Waals surface area contributed by atoms with E-state index < -0.39 is 0 Å². The molecule has 2 heteroatoms. The zero-order chi connectivity index (χ0) is 28.4. The molecule has 0 saturated heterocycles. The Morgan fingerprint density at radius 2 is 1.48 bits per heavy atom. The van der Waals surface area contributed by atoms with E-state index in [0.29, 0.717) is 17.4 Å². The Morgan fingerprint density at radius 3 is 2.31 bits per heavy atom. The highest BCUT2D eigenvalue weighted by atomic mass is 15.0. The lowest BCUT2D eigenvalue weighted by molar-refractivity contribution is 0.306. The lowest BCUT2D eigenvalue weighted by Gasteiger charge is -2.43. The van der Waals surface area contributed by atoms with Crippen LogP contribution in [0.25, 0.3) is 38.6 Å². The summed E-state index contributed by atoms with van der Waals surface area (Å²) < 4.78 is 2.39. The maximum atomic E-state index is 9.83. The van der Waals surface area contributed by atoms with Gasteiger partial charge in [0.1, 0.15) is 0 Å². The van der Waals surface area contributed by atoms with Gasteiger partial charge in [0.05, 0.1) is 22.7 Å². The van der Waals surface area contributed by atoms with Crippen molar-refractivity contribution in [1.82, 2.24) is 4.57 Å². The lowest BCUT2D eigenvalue weighted by atomic mass is 9.59. The number of para-hydroxylation sites is 2. The molecule has 0 radical (unpaired) electrons. The van der Waals surface area contributed by atoms with E-state index in [-0.39, 0.29) is 5.41 Å². The number of hydrogen-bond acceptors (Lipinski definition) is 1. The third-order valence-corrected chi connectivity index (χ3v) is 10.1. The molecule has 2 aliphatic carbocycles. The normalized spacial score (nSPS) is 21.1. The molecule has 42 heavy (non-hydrogen) atoms. The minimum Gasteiger partial charge on any atom is -0.309 e. The monoisotopic (exact) mass is 540 g/mol. The molecular weight excluding hydrogens is 508 g/mol. The van der Waals surface area contributed by atoms with E-state index in [1.165, 1.54) is 60.9 Å². The maximum Gasteiger partial charge on any atom is 0.0991 e. The highest BCUT2D eigenvalue weighted by molar-refractivity contribution is 6.09. The summed E-state index contributed by atoms with van der Waals surface area (Å²) in [5.41, 5.74) is 12.0. The summed E-state index contributed by atoms with van der Waals surface area (Å²) in [6, 6.07) is 44.4. The van der Waals surface area contributed by atoms with Crippen molar-refractivity contribution in [2.24, 2.45) is 11.8 Å². The van der Waals surface area contributed by atoms with Gasteiger partial charge in [-0.2, -0.15) is 5.26 Å². The van der Waals surface area contributed by atoms with Crippen LogP contribution < -0.4 is 0 Å². The molecule has 0 N–H and O–H groups in total. The number of allylic oxidation sites excluding steroid dienone is 2. The summed E-state index contributed by atoms with van der Waals surface area (Å²) in [5, 5.41) is 12.4. The fourth-order valence-corrected chi connectivity index (χ4v) is 8.04. The summed E-state index contributed by atoms with van der Waals surface area (Å²) in [4.78, 5) is 0. The van der Waals surface area contributed by atoms with Gasteiger partial charge in [-0.25, -0.2) is 0 Å². The first-order valence-electron chi connectivity index (χ1n) is 15.0. The van der Waals surface area contributed by atoms with Crippen LogP contribution in [-0.2, 0) is 5.41 Å². The van der Waals surface area contributed by atoms with E-state index in [9.17, 15) is 5.26 Å². The van der Waals surface area contributed by atoms with Gasteiger partial charge in [0.15, 0.2) is 0 Å². The Labute approximate surface area is 247 Å². The smallest absolute Gasteiger partial charge is 0.0991 e. The molecule has 8 rings (SSSR count). The third-order valence-electron chi connectivity index (χ3n) is 10.1. The largest absolute Gasteiger partial charge is 0.309 e. The van der Waals surface area contributed by atoms with Crippen LogP contribution in [0, 0.1) is 23.2 Å². The first-order chi connectivity index (χ1) is 20.6. The van der Waals surface area contributed by atoms with E-state index in [1.54, 1.807) is 0 Å². The molecule has 3 atom stereocenters. The highest BCUT2D eigenvalue weighted by Crippen LogP contribution is 2.59. The Hall–Kier alpha value is -4.87. The van der Waals surface area contributed by atoms with Gasteiger partial charge in [-0.1, -0.05) is 91.4 Å². The molecule has 0 amide bonds. The van der Waals surface area contributed by atoms with Crippen molar-refractivity contribution in [3.05, 3.63) is 149 Å². The van der Waals surface area contributed by atoms with E-state index >= 15 is 0 Å². The molecule has 202 valence electrons. The quantitative estimate of drug-likeness (QED) is 0.205. The second-order valence-corrected chi connectivity index (χ2v) is 12.2. The van der Waals surface area contributed by atoms with Gasteiger partial charge in [0.2, 0.25) is 0 Å². The van der Waals surface area contributed by atoms with Crippen LogP contribution in [0.5, 0.6) is 0 Å². The molecule has 6 aromatic rings. The zero-order valence-corrected chi connectivity index (χ0v) is 24.0. The van der Waals surface area contributed by atoms with Crippen molar-refractivity contribution in [2.45, 2.75) is 32.1 Å². The van der Waals surface area contributed by atoms with Gasteiger partial charge in [-0.15, -0.1) is 0 Å². The van der Waals surface area contributed by atoms with E-state index in [0.717, 1.165) is 12.8 Å². The van der Waals surface area contributed by atoms with E-state index in [1.807, 2.05) is 6.07 Å². The van der Waals surface area contributed by atoms with Gasteiger partial charge in [-0.05, 0) is 102 Å². The lowest BCUT2D eigenvalue weighted by Crippen LogP contribution is -2.38. The predicted molar refractivity (Wildman–Crippen MR) is 173 cm³/mol. The van der Waals surface area contributed by atoms with Crippen molar-refractivity contribution < 1.29 is 0 Å². The van der Waals surface area contributed by atoms with Crippen LogP contribution >= 0.6 is 0 Å². The number of rotatable bonds is 3. The molecule has 2 aliphatic rings. The molecule has 2 nitrogen and oxygen atoms in total. The minimum atomic E-state index is -0.310.